The van der Waals surface area contributed by atoms with Crippen molar-refractivity contribution in [2.45, 2.75) is 45.4 Å². The van der Waals surface area contributed by atoms with Crippen molar-refractivity contribution in [2.75, 3.05) is 6.54 Å². The molecule has 0 spiro atoms. The zero-order chi connectivity index (χ0) is 14.8. The van der Waals surface area contributed by atoms with E-state index in [0.717, 1.165) is 25.7 Å². The molecule has 0 heterocycles. The van der Waals surface area contributed by atoms with E-state index in [1.165, 1.54) is 18.6 Å². The molecule has 0 bridgehead atoms. The molecule has 4 heteroatoms. The molecule has 0 aromatic heterocycles. The second kappa shape index (κ2) is 6.52. The van der Waals surface area contributed by atoms with Gasteiger partial charge in [-0.3, -0.25) is 0 Å². The van der Waals surface area contributed by atoms with Crippen LogP contribution in [0.3, 0.4) is 0 Å². The molecule has 2 N–H and O–H groups in total. The molecular formula is C16H22BrF2N. The topological polar surface area (TPSA) is 26.0 Å². The Bertz CT molecular complexity index is 478. The maximum Gasteiger partial charge on any atom is 0.143 e. The molecule has 1 nitrogen and oxygen atoms in total. The number of benzene rings is 1. The van der Waals surface area contributed by atoms with E-state index in [0.29, 0.717) is 23.4 Å². The average molecular weight is 346 g/mol. The van der Waals surface area contributed by atoms with Gasteiger partial charge < -0.3 is 5.73 Å². The molecule has 1 fully saturated rings. The lowest BCUT2D eigenvalue weighted by molar-refractivity contribution is 0.140. The summed E-state index contributed by atoms with van der Waals surface area (Å²) in [5.41, 5.74) is 6.02. The van der Waals surface area contributed by atoms with Crippen LogP contribution in [0.2, 0.25) is 0 Å². The molecule has 2 atom stereocenters. The van der Waals surface area contributed by atoms with Crippen LogP contribution >= 0.6 is 15.9 Å². The van der Waals surface area contributed by atoms with Crippen molar-refractivity contribution < 1.29 is 8.78 Å². The first kappa shape index (κ1) is 15.9. The lowest BCUT2D eigenvalue weighted by Gasteiger charge is -2.40. The summed E-state index contributed by atoms with van der Waals surface area (Å²) in [5.74, 6) is -0.306. The number of rotatable bonds is 4. The third kappa shape index (κ3) is 3.22. The second-order valence-electron chi connectivity index (χ2n) is 6.07. The third-order valence-corrected chi connectivity index (χ3v) is 5.35. The molecule has 2 unspecified atom stereocenters. The minimum absolute atomic E-state index is 0.151. The highest BCUT2D eigenvalue weighted by molar-refractivity contribution is 9.10. The molecule has 1 aliphatic rings. The van der Waals surface area contributed by atoms with E-state index >= 15 is 0 Å². The Hall–Kier alpha value is -0.480. The summed E-state index contributed by atoms with van der Waals surface area (Å²) in [6, 6.07) is 2.74. The fraction of sp³-hybridized carbons (Fsp3) is 0.625. The highest BCUT2D eigenvalue weighted by Gasteiger charge is 2.36. The minimum Gasteiger partial charge on any atom is -0.330 e. The standard InChI is InChI=1S/C16H22BrF2N/c1-2-11-4-3-7-16(8-11,10-20)9-12-14(18)6-5-13(17)15(12)19/h5-6,11H,2-4,7-10,20H2,1H3. The number of halogens is 3. The van der Waals surface area contributed by atoms with Crippen LogP contribution < -0.4 is 5.73 Å². The van der Waals surface area contributed by atoms with Crippen LogP contribution in [0.1, 0.15) is 44.6 Å². The van der Waals surface area contributed by atoms with Gasteiger partial charge in [0.1, 0.15) is 11.6 Å². The number of nitrogens with two attached hydrogens (primary N) is 1. The molecule has 0 saturated heterocycles. The van der Waals surface area contributed by atoms with E-state index < -0.39 is 11.6 Å². The van der Waals surface area contributed by atoms with Gasteiger partial charge in [-0.1, -0.05) is 26.2 Å². The molecule has 1 aromatic carbocycles. The maximum atomic E-state index is 14.2. The monoisotopic (exact) mass is 345 g/mol. The molecule has 2 rings (SSSR count). The van der Waals surface area contributed by atoms with Gasteiger partial charge in [-0.05, 0) is 65.2 Å². The van der Waals surface area contributed by atoms with Crippen LogP contribution in [-0.2, 0) is 6.42 Å². The van der Waals surface area contributed by atoms with Crippen molar-refractivity contribution in [2.24, 2.45) is 17.1 Å². The SMILES string of the molecule is CCC1CCCC(CN)(Cc2c(F)ccc(Br)c2F)C1. The molecule has 0 amide bonds. The summed E-state index contributed by atoms with van der Waals surface area (Å²) < 4.78 is 28.5. The highest BCUT2D eigenvalue weighted by Crippen LogP contribution is 2.43. The largest absolute Gasteiger partial charge is 0.330 e. The fourth-order valence-corrected chi connectivity index (χ4v) is 3.83. The Kier molecular flexibility index (Phi) is 5.19. The maximum absolute atomic E-state index is 14.2. The summed E-state index contributed by atoms with van der Waals surface area (Å²) >= 11 is 3.14. The van der Waals surface area contributed by atoms with E-state index in [2.05, 4.69) is 22.9 Å². The van der Waals surface area contributed by atoms with Gasteiger partial charge in [0.05, 0.1) is 4.47 Å². The van der Waals surface area contributed by atoms with Gasteiger partial charge in [0.25, 0.3) is 0 Å². The van der Waals surface area contributed by atoms with Crippen molar-refractivity contribution in [3.05, 3.63) is 33.8 Å². The van der Waals surface area contributed by atoms with Crippen LogP contribution in [0, 0.1) is 23.0 Å². The van der Waals surface area contributed by atoms with Crippen molar-refractivity contribution >= 4 is 15.9 Å². The van der Waals surface area contributed by atoms with Crippen molar-refractivity contribution in [1.29, 1.82) is 0 Å². The Labute approximate surface area is 128 Å². The van der Waals surface area contributed by atoms with E-state index in [9.17, 15) is 8.78 Å². The Morgan fingerprint density at radius 2 is 2.15 bits per heavy atom. The molecule has 20 heavy (non-hydrogen) atoms. The van der Waals surface area contributed by atoms with Gasteiger partial charge in [0.2, 0.25) is 0 Å². The minimum atomic E-state index is -0.476. The van der Waals surface area contributed by atoms with Gasteiger partial charge in [-0.2, -0.15) is 0 Å². The molecule has 112 valence electrons. The van der Waals surface area contributed by atoms with Crippen LogP contribution in [0.25, 0.3) is 0 Å². The van der Waals surface area contributed by atoms with Gasteiger partial charge in [0.15, 0.2) is 0 Å². The summed E-state index contributed by atoms with van der Waals surface area (Å²) in [7, 11) is 0. The molecule has 1 aliphatic carbocycles. The molecule has 1 saturated carbocycles. The van der Waals surface area contributed by atoms with E-state index in [1.807, 2.05) is 0 Å². The van der Waals surface area contributed by atoms with Crippen molar-refractivity contribution in [3.8, 4) is 0 Å². The smallest absolute Gasteiger partial charge is 0.143 e. The second-order valence-corrected chi connectivity index (χ2v) is 6.93. The molecule has 0 radical (unpaired) electrons. The Morgan fingerprint density at radius 1 is 1.40 bits per heavy atom. The zero-order valence-electron chi connectivity index (χ0n) is 11.9. The predicted molar refractivity (Wildman–Crippen MR) is 81.5 cm³/mol. The summed E-state index contributed by atoms with van der Waals surface area (Å²) in [6.07, 6.45) is 5.77. The quantitative estimate of drug-likeness (QED) is 0.778. The summed E-state index contributed by atoms with van der Waals surface area (Å²) in [5, 5.41) is 0. The molecular weight excluding hydrogens is 324 g/mol. The number of hydrogen-bond donors (Lipinski definition) is 1. The third-order valence-electron chi connectivity index (χ3n) is 4.74. The van der Waals surface area contributed by atoms with E-state index in [4.69, 9.17) is 5.73 Å². The summed E-state index contributed by atoms with van der Waals surface area (Å²) in [6.45, 7) is 2.67. The Balaban J connectivity index is 2.28. The first-order valence-electron chi connectivity index (χ1n) is 7.34. The highest BCUT2D eigenvalue weighted by atomic mass is 79.9. The zero-order valence-corrected chi connectivity index (χ0v) is 13.5. The van der Waals surface area contributed by atoms with Crippen LogP contribution in [0.5, 0.6) is 0 Å². The first-order valence-corrected chi connectivity index (χ1v) is 8.13. The number of hydrogen-bond acceptors (Lipinski definition) is 1. The fourth-order valence-electron chi connectivity index (χ4n) is 3.45. The average Bonchev–Trinajstić information content (AvgIpc) is 2.48. The van der Waals surface area contributed by atoms with Crippen LogP contribution in [0.15, 0.2) is 16.6 Å². The van der Waals surface area contributed by atoms with E-state index in [-0.39, 0.29) is 11.0 Å². The van der Waals surface area contributed by atoms with Crippen LogP contribution in [-0.4, -0.2) is 6.54 Å². The van der Waals surface area contributed by atoms with Crippen molar-refractivity contribution in [3.63, 3.8) is 0 Å². The first-order chi connectivity index (χ1) is 9.51. The summed E-state index contributed by atoms with van der Waals surface area (Å²) in [4.78, 5) is 0. The lowest BCUT2D eigenvalue weighted by atomic mass is 9.66. The lowest BCUT2D eigenvalue weighted by Crippen LogP contribution is -2.38. The van der Waals surface area contributed by atoms with Crippen LogP contribution in [0.4, 0.5) is 8.78 Å². The molecule has 0 aliphatic heterocycles. The normalized spacial score (nSPS) is 26.8. The Morgan fingerprint density at radius 3 is 2.80 bits per heavy atom. The van der Waals surface area contributed by atoms with Gasteiger partial charge >= 0.3 is 0 Å². The van der Waals surface area contributed by atoms with Gasteiger partial charge in [-0.15, -0.1) is 0 Å². The van der Waals surface area contributed by atoms with Gasteiger partial charge in [-0.25, -0.2) is 8.78 Å². The predicted octanol–water partition coefficient (Wildman–Crippen LogP) is 4.82. The van der Waals surface area contributed by atoms with Gasteiger partial charge in [0, 0.05) is 5.56 Å². The van der Waals surface area contributed by atoms with Crippen molar-refractivity contribution in [1.82, 2.24) is 0 Å². The van der Waals surface area contributed by atoms with E-state index in [1.54, 1.807) is 0 Å². The molecule has 1 aromatic rings.